The molecule has 3 N–H and O–H groups in total. The summed E-state index contributed by atoms with van der Waals surface area (Å²) in [5.41, 5.74) is 2.40. The lowest BCUT2D eigenvalue weighted by molar-refractivity contribution is 0.316. The van der Waals surface area contributed by atoms with E-state index in [4.69, 9.17) is 0 Å². The number of halogens is 1. The van der Waals surface area contributed by atoms with Gasteiger partial charge in [0.1, 0.15) is 0 Å². The number of hydrogen-bond acceptors (Lipinski definition) is 3. The Morgan fingerprint density at radius 2 is 2.00 bits per heavy atom. The maximum absolute atomic E-state index is 12.0. The van der Waals surface area contributed by atoms with Crippen LogP contribution in [0.2, 0.25) is 0 Å². The van der Waals surface area contributed by atoms with Crippen molar-refractivity contribution in [1.82, 2.24) is 15.4 Å². The largest absolute Gasteiger partial charge is 0.355 e. The fourth-order valence-corrected chi connectivity index (χ4v) is 3.87. The van der Waals surface area contributed by atoms with Gasteiger partial charge in [0.2, 0.25) is 10.0 Å². The number of nitrogens with one attached hydrogen (secondary N) is 3. The predicted molar refractivity (Wildman–Crippen MR) is 119 cm³/mol. The standard InChI is InChI=1S/C18H30N4O2S.HI/c1-14-7-4-5-10-17(14)15(2)22-18(19-3)20-11-12-25(23,24)21-13-16-8-6-9-16;/h4-5,7,10,15-16,21H,6,8-9,11-13H2,1-3H3,(H2,19,20,22);1H. The number of rotatable bonds is 8. The SMILES string of the molecule is CN=C(NCCS(=O)(=O)NCC1CCC1)NC(C)c1ccccc1C.I. The normalized spacial score (nSPS) is 16.3. The minimum Gasteiger partial charge on any atom is -0.355 e. The van der Waals surface area contributed by atoms with E-state index in [1.807, 2.05) is 12.1 Å². The number of aryl methyl sites for hydroxylation is 1. The highest BCUT2D eigenvalue weighted by Gasteiger charge is 2.20. The fraction of sp³-hybridized carbons (Fsp3) is 0.611. The molecule has 2 rings (SSSR count). The van der Waals surface area contributed by atoms with Crippen LogP contribution in [0, 0.1) is 12.8 Å². The topological polar surface area (TPSA) is 82.6 Å². The quantitative estimate of drug-likeness (QED) is 0.295. The van der Waals surface area contributed by atoms with Crippen LogP contribution in [0.15, 0.2) is 29.3 Å². The minimum atomic E-state index is -3.24. The van der Waals surface area contributed by atoms with Crippen LogP contribution in [0.25, 0.3) is 0 Å². The molecule has 0 heterocycles. The Hall–Kier alpha value is -0.870. The molecule has 0 bridgehead atoms. The molecule has 1 aromatic carbocycles. The molecule has 1 atom stereocenters. The molecule has 1 aliphatic carbocycles. The van der Waals surface area contributed by atoms with Gasteiger partial charge in [0.15, 0.2) is 5.96 Å². The average molecular weight is 494 g/mol. The summed E-state index contributed by atoms with van der Waals surface area (Å²) >= 11 is 0. The van der Waals surface area contributed by atoms with Crippen molar-refractivity contribution in [2.24, 2.45) is 10.9 Å². The third-order valence-electron chi connectivity index (χ3n) is 4.71. The summed E-state index contributed by atoms with van der Waals surface area (Å²) in [6.45, 7) is 5.02. The number of benzene rings is 1. The molecule has 0 aliphatic heterocycles. The molecule has 1 aromatic rings. The number of sulfonamides is 1. The van der Waals surface area contributed by atoms with E-state index >= 15 is 0 Å². The Morgan fingerprint density at radius 3 is 2.58 bits per heavy atom. The molecule has 148 valence electrons. The maximum Gasteiger partial charge on any atom is 0.213 e. The molecule has 1 aliphatic rings. The van der Waals surface area contributed by atoms with Gasteiger partial charge >= 0.3 is 0 Å². The van der Waals surface area contributed by atoms with Crippen LogP contribution in [0.4, 0.5) is 0 Å². The maximum atomic E-state index is 12.0. The monoisotopic (exact) mass is 494 g/mol. The summed E-state index contributed by atoms with van der Waals surface area (Å²) in [4.78, 5) is 4.18. The summed E-state index contributed by atoms with van der Waals surface area (Å²) < 4.78 is 26.7. The summed E-state index contributed by atoms with van der Waals surface area (Å²) in [6, 6.07) is 8.26. The van der Waals surface area contributed by atoms with Crippen molar-refractivity contribution in [1.29, 1.82) is 0 Å². The summed E-state index contributed by atoms with van der Waals surface area (Å²) in [7, 11) is -1.56. The fourth-order valence-electron chi connectivity index (χ4n) is 2.87. The number of hydrogen-bond donors (Lipinski definition) is 3. The summed E-state index contributed by atoms with van der Waals surface area (Å²) in [5.74, 6) is 1.16. The van der Waals surface area contributed by atoms with E-state index in [1.165, 1.54) is 17.5 Å². The summed E-state index contributed by atoms with van der Waals surface area (Å²) in [5, 5.41) is 6.38. The first-order valence-electron chi connectivity index (χ1n) is 8.91. The van der Waals surface area contributed by atoms with Crippen LogP contribution >= 0.6 is 24.0 Å². The first kappa shape index (κ1) is 23.2. The molecule has 6 nitrogen and oxygen atoms in total. The van der Waals surface area contributed by atoms with Crippen molar-refractivity contribution in [3.63, 3.8) is 0 Å². The van der Waals surface area contributed by atoms with Gasteiger partial charge in [0.25, 0.3) is 0 Å². The van der Waals surface area contributed by atoms with Gasteiger partial charge in [-0.05, 0) is 43.7 Å². The van der Waals surface area contributed by atoms with E-state index in [1.54, 1.807) is 7.05 Å². The molecule has 0 spiro atoms. The third-order valence-corrected chi connectivity index (χ3v) is 6.06. The molecule has 0 radical (unpaired) electrons. The van der Waals surface area contributed by atoms with Crippen molar-refractivity contribution >= 4 is 40.0 Å². The molecule has 1 unspecified atom stereocenters. The van der Waals surface area contributed by atoms with E-state index in [0.717, 1.165) is 12.8 Å². The van der Waals surface area contributed by atoms with Crippen molar-refractivity contribution in [2.45, 2.75) is 39.2 Å². The van der Waals surface area contributed by atoms with Crippen LogP contribution in [-0.2, 0) is 10.0 Å². The van der Waals surface area contributed by atoms with Crippen molar-refractivity contribution in [3.05, 3.63) is 35.4 Å². The zero-order chi connectivity index (χ0) is 18.3. The Morgan fingerprint density at radius 1 is 1.31 bits per heavy atom. The molecule has 26 heavy (non-hydrogen) atoms. The van der Waals surface area contributed by atoms with Gasteiger partial charge in [-0.15, -0.1) is 24.0 Å². The molecule has 0 amide bonds. The Balaban J connectivity index is 0.00000338. The van der Waals surface area contributed by atoms with E-state index in [2.05, 4.69) is 46.3 Å². The zero-order valence-corrected chi connectivity index (χ0v) is 18.9. The second-order valence-electron chi connectivity index (χ2n) is 6.69. The van der Waals surface area contributed by atoms with Gasteiger partial charge in [0.05, 0.1) is 11.8 Å². The van der Waals surface area contributed by atoms with Crippen LogP contribution in [-0.4, -0.2) is 40.3 Å². The van der Waals surface area contributed by atoms with Crippen molar-refractivity contribution < 1.29 is 8.42 Å². The van der Waals surface area contributed by atoms with Crippen molar-refractivity contribution in [2.75, 3.05) is 25.9 Å². The molecular formula is C18H31IN4O2S. The Bertz CT molecular complexity index is 690. The smallest absolute Gasteiger partial charge is 0.213 e. The van der Waals surface area contributed by atoms with Gasteiger partial charge < -0.3 is 10.6 Å². The highest BCUT2D eigenvalue weighted by Crippen LogP contribution is 2.25. The lowest BCUT2D eigenvalue weighted by atomic mass is 9.86. The van der Waals surface area contributed by atoms with E-state index in [9.17, 15) is 8.42 Å². The van der Waals surface area contributed by atoms with Gasteiger partial charge in [0, 0.05) is 20.1 Å². The third kappa shape index (κ3) is 7.40. The van der Waals surface area contributed by atoms with E-state index in [0.29, 0.717) is 25.0 Å². The predicted octanol–water partition coefficient (Wildman–Crippen LogP) is 2.56. The summed E-state index contributed by atoms with van der Waals surface area (Å²) in [6.07, 6.45) is 3.48. The molecule has 0 aromatic heterocycles. The number of nitrogens with zero attached hydrogens (tertiary/aromatic N) is 1. The average Bonchev–Trinajstić information content (AvgIpc) is 2.52. The van der Waals surface area contributed by atoms with Crippen LogP contribution in [0.3, 0.4) is 0 Å². The van der Waals surface area contributed by atoms with E-state index in [-0.39, 0.29) is 35.8 Å². The second kappa shape index (κ2) is 11.1. The van der Waals surface area contributed by atoms with Crippen molar-refractivity contribution in [3.8, 4) is 0 Å². The number of guanidine groups is 1. The molecule has 1 saturated carbocycles. The Kier molecular flexibility index (Phi) is 9.88. The highest BCUT2D eigenvalue weighted by molar-refractivity contribution is 14.0. The second-order valence-corrected chi connectivity index (χ2v) is 8.61. The van der Waals surface area contributed by atoms with Gasteiger partial charge in [-0.25, -0.2) is 13.1 Å². The molecule has 1 fully saturated rings. The lowest BCUT2D eigenvalue weighted by Gasteiger charge is -2.25. The minimum absolute atomic E-state index is 0. The van der Waals surface area contributed by atoms with Gasteiger partial charge in [-0.3, -0.25) is 4.99 Å². The van der Waals surface area contributed by atoms with Crippen LogP contribution in [0.5, 0.6) is 0 Å². The molecular weight excluding hydrogens is 463 g/mol. The first-order chi connectivity index (χ1) is 11.9. The molecule has 0 saturated heterocycles. The lowest BCUT2D eigenvalue weighted by Crippen LogP contribution is -2.42. The molecule has 8 heteroatoms. The Labute approximate surface area is 174 Å². The van der Waals surface area contributed by atoms with Crippen LogP contribution in [0.1, 0.15) is 43.4 Å². The first-order valence-corrected chi connectivity index (χ1v) is 10.6. The van der Waals surface area contributed by atoms with Crippen LogP contribution < -0.4 is 15.4 Å². The van der Waals surface area contributed by atoms with Gasteiger partial charge in [-0.1, -0.05) is 30.7 Å². The van der Waals surface area contributed by atoms with Gasteiger partial charge in [-0.2, -0.15) is 0 Å². The number of aliphatic imine (C=N–C) groups is 1. The zero-order valence-electron chi connectivity index (χ0n) is 15.8. The van der Waals surface area contributed by atoms with E-state index < -0.39 is 10.0 Å². The highest BCUT2D eigenvalue weighted by atomic mass is 127.